The van der Waals surface area contributed by atoms with Gasteiger partial charge in [0, 0.05) is 25.0 Å². The van der Waals surface area contributed by atoms with Crippen LogP contribution in [0.2, 0.25) is 0 Å². The summed E-state index contributed by atoms with van der Waals surface area (Å²) in [5.74, 6) is 1.71. The molecule has 25 heavy (non-hydrogen) atoms. The SMILES string of the molecule is CCn1ccnc1CN(C(=O)c1ccoc1C)[C@H]1CC12CCNCC2. The van der Waals surface area contributed by atoms with Crippen LogP contribution in [0.4, 0.5) is 0 Å². The molecular weight excluding hydrogens is 316 g/mol. The van der Waals surface area contributed by atoms with E-state index in [1.165, 1.54) is 0 Å². The highest BCUT2D eigenvalue weighted by Crippen LogP contribution is 2.56. The van der Waals surface area contributed by atoms with Crippen LogP contribution < -0.4 is 5.32 Å². The first-order valence-electron chi connectivity index (χ1n) is 9.20. The molecule has 3 heterocycles. The maximum atomic E-state index is 13.3. The summed E-state index contributed by atoms with van der Waals surface area (Å²) in [4.78, 5) is 19.8. The number of hydrogen-bond acceptors (Lipinski definition) is 4. The number of aromatic nitrogens is 2. The van der Waals surface area contributed by atoms with Crippen LogP contribution in [0.5, 0.6) is 0 Å². The molecule has 1 saturated heterocycles. The second-order valence-electron chi connectivity index (χ2n) is 7.29. The summed E-state index contributed by atoms with van der Waals surface area (Å²) in [6.07, 6.45) is 8.79. The number of carbonyl (C=O) groups is 1. The number of rotatable bonds is 5. The lowest BCUT2D eigenvalue weighted by Crippen LogP contribution is -2.39. The molecule has 0 bridgehead atoms. The Kier molecular flexibility index (Phi) is 4.15. The number of hydrogen-bond donors (Lipinski definition) is 1. The quantitative estimate of drug-likeness (QED) is 0.907. The largest absolute Gasteiger partial charge is 0.469 e. The lowest BCUT2D eigenvalue weighted by molar-refractivity contribution is 0.0683. The van der Waals surface area contributed by atoms with Crippen molar-refractivity contribution < 1.29 is 9.21 Å². The number of piperidine rings is 1. The van der Waals surface area contributed by atoms with E-state index in [-0.39, 0.29) is 5.91 Å². The minimum atomic E-state index is 0.0670. The lowest BCUT2D eigenvalue weighted by Gasteiger charge is -2.29. The maximum Gasteiger partial charge on any atom is 0.258 e. The predicted molar refractivity (Wildman–Crippen MR) is 94.2 cm³/mol. The number of aryl methyl sites for hydroxylation is 2. The molecule has 1 spiro atoms. The molecule has 2 aromatic heterocycles. The first-order valence-corrected chi connectivity index (χ1v) is 9.20. The monoisotopic (exact) mass is 342 g/mol. The van der Waals surface area contributed by atoms with Gasteiger partial charge in [-0.2, -0.15) is 0 Å². The number of nitrogens with zero attached hydrogens (tertiary/aromatic N) is 3. The van der Waals surface area contributed by atoms with E-state index in [0.717, 1.165) is 44.7 Å². The smallest absolute Gasteiger partial charge is 0.258 e. The maximum absolute atomic E-state index is 13.3. The third kappa shape index (κ3) is 2.88. The van der Waals surface area contributed by atoms with Crippen LogP contribution in [0.25, 0.3) is 0 Å². The molecule has 2 fully saturated rings. The Balaban J connectivity index is 1.62. The van der Waals surface area contributed by atoms with Gasteiger partial charge in [-0.25, -0.2) is 4.98 Å². The third-order valence-corrected chi connectivity index (χ3v) is 5.93. The van der Waals surface area contributed by atoms with E-state index in [2.05, 4.69) is 21.8 Å². The number of amides is 1. The van der Waals surface area contributed by atoms with Crippen molar-refractivity contribution in [1.29, 1.82) is 0 Å². The average Bonchev–Trinajstić information content (AvgIpc) is 2.99. The topological polar surface area (TPSA) is 63.3 Å². The van der Waals surface area contributed by atoms with Gasteiger partial charge < -0.3 is 19.2 Å². The zero-order valence-corrected chi connectivity index (χ0v) is 15.0. The molecule has 2 aliphatic rings. The van der Waals surface area contributed by atoms with E-state index < -0.39 is 0 Å². The first kappa shape index (κ1) is 16.4. The summed E-state index contributed by atoms with van der Waals surface area (Å²) in [6.45, 7) is 7.47. The molecule has 1 aliphatic carbocycles. The molecule has 6 nitrogen and oxygen atoms in total. The highest BCUT2D eigenvalue weighted by molar-refractivity contribution is 5.95. The summed E-state index contributed by atoms with van der Waals surface area (Å²) >= 11 is 0. The minimum Gasteiger partial charge on any atom is -0.469 e. The van der Waals surface area contributed by atoms with Crippen molar-refractivity contribution >= 4 is 5.91 Å². The van der Waals surface area contributed by atoms with Crippen molar-refractivity contribution in [1.82, 2.24) is 19.8 Å². The number of imidazole rings is 1. The fourth-order valence-electron chi connectivity index (χ4n) is 4.25. The summed E-state index contributed by atoms with van der Waals surface area (Å²) in [5.41, 5.74) is 0.966. The molecule has 1 N–H and O–H groups in total. The zero-order chi connectivity index (χ0) is 17.4. The molecule has 1 atom stereocenters. The fourth-order valence-corrected chi connectivity index (χ4v) is 4.25. The van der Waals surface area contributed by atoms with E-state index in [1.807, 2.05) is 24.2 Å². The molecule has 1 amide bonds. The standard InChI is InChI=1S/C19H26N4O2/c1-3-22-10-9-21-17(22)13-23(18(24)15-4-11-25-14(15)2)16-12-19(16)5-7-20-8-6-19/h4,9-11,16,20H,3,5-8,12-13H2,1-2H3/t16-/m0/s1. The fraction of sp³-hybridized carbons (Fsp3) is 0.579. The lowest BCUT2D eigenvalue weighted by atomic mass is 9.93. The Hall–Kier alpha value is -2.08. The van der Waals surface area contributed by atoms with Gasteiger partial charge in [-0.15, -0.1) is 0 Å². The van der Waals surface area contributed by atoms with Crippen molar-refractivity contribution in [3.8, 4) is 0 Å². The molecule has 0 unspecified atom stereocenters. The minimum absolute atomic E-state index is 0.0670. The second-order valence-corrected chi connectivity index (χ2v) is 7.29. The van der Waals surface area contributed by atoms with Crippen molar-refractivity contribution in [2.24, 2.45) is 5.41 Å². The average molecular weight is 342 g/mol. The van der Waals surface area contributed by atoms with E-state index in [4.69, 9.17) is 4.42 Å². The van der Waals surface area contributed by atoms with Gasteiger partial charge in [-0.1, -0.05) is 0 Å². The first-order chi connectivity index (χ1) is 12.1. The van der Waals surface area contributed by atoms with Gasteiger partial charge in [0.15, 0.2) is 0 Å². The molecular formula is C19H26N4O2. The highest BCUT2D eigenvalue weighted by atomic mass is 16.3. The van der Waals surface area contributed by atoms with Crippen molar-refractivity contribution in [3.63, 3.8) is 0 Å². The summed E-state index contributed by atoms with van der Waals surface area (Å²) in [7, 11) is 0. The molecule has 2 aromatic rings. The van der Waals surface area contributed by atoms with Gasteiger partial charge in [0.1, 0.15) is 11.6 Å². The Morgan fingerprint density at radius 1 is 1.48 bits per heavy atom. The van der Waals surface area contributed by atoms with Crippen LogP contribution in [0, 0.1) is 12.3 Å². The van der Waals surface area contributed by atoms with Crippen LogP contribution in [-0.4, -0.2) is 39.5 Å². The van der Waals surface area contributed by atoms with E-state index in [1.54, 1.807) is 12.3 Å². The van der Waals surface area contributed by atoms with Crippen LogP contribution in [0.1, 0.15) is 48.1 Å². The van der Waals surface area contributed by atoms with E-state index in [9.17, 15) is 4.79 Å². The molecule has 134 valence electrons. The Morgan fingerprint density at radius 2 is 2.28 bits per heavy atom. The molecule has 1 saturated carbocycles. The summed E-state index contributed by atoms with van der Waals surface area (Å²) in [5, 5.41) is 3.43. The van der Waals surface area contributed by atoms with Crippen molar-refractivity contribution in [3.05, 3.63) is 41.9 Å². The second kappa shape index (κ2) is 6.33. The number of nitrogens with one attached hydrogen (secondary N) is 1. The number of furan rings is 1. The molecule has 4 rings (SSSR count). The predicted octanol–water partition coefficient (Wildman–Crippen LogP) is 2.59. The summed E-state index contributed by atoms with van der Waals surface area (Å²) in [6, 6.07) is 2.09. The highest BCUT2D eigenvalue weighted by Gasteiger charge is 2.58. The van der Waals surface area contributed by atoms with Gasteiger partial charge in [-0.3, -0.25) is 4.79 Å². The van der Waals surface area contributed by atoms with Gasteiger partial charge in [0.05, 0.1) is 18.4 Å². The Morgan fingerprint density at radius 3 is 2.96 bits per heavy atom. The molecule has 6 heteroatoms. The van der Waals surface area contributed by atoms with Crippen LogP contribution in [0.3, 0.4) is 0 Å². The Labute approximate surface area is 148 Å². The summed E-state index contributed by atoms with van der Waals surface area (Å²) < 4.78 is 7.49. The van der Waals surface area contributed by atoms with Gasteiger partial charge in [0.25, 0.3) is 5.91 Å². The van der Waals surface area contributed by atoms with Crippen molar-refractivity contribution in [2.45, 2.75) is 52.2 Å². The number of carbonyl (C=O) groups excluding carboxylic acids is 1. The van der Waals surface area contributed by atoms with Gasteiger partial charge in [-0.05, 0) is 57.7 Å². The molecule has 0 radical (unpaired) electrons. The Bertz CT molecular complexity index is 757. The van der Waals surface area contributed by atoms with Crippen LogP contribution in [-0.2, 0) is 13.1 Å². The third-order valence-electron chi connectivity index (χ3n) is 5.93. The van der Waals surface area contributed by atoms with Crippen LogP contribution >= 0.6 is 0 Å². The molecule has 0 aromatic carbocycles. The zero-order valence-electron chi connectivity index (χ0n) is 15.0. The van der Waals surface area contributed by atoms with E-state index in [0.29, 0.717) is 29.3 Å². The van der Waals surface area contributed by atoms with Gasteiger partial charge >= 0.3 is 0 Å². The normalized spacial score (nSPS) is 21.4. The van der Waals surface area contributed by atoms with E-state index >= 15 is 0 Å². The van der Waals surface area contributed by atoms with Crippen LogP contribution in [0.15, 0.2) is 29.1 Å². The van der Waals surface area contributed by atoms with Crippen molar-refractivity contribution in [2.75, 3.05) is 13.1 Å². The molecule has 1 aliphatic heterocycles. The van der Waals surface area contributed by atoms with Gasteiger partial charge in [0.2, 0.25) is 0 Å².